The van der Waals surface area contributed by atoms with Crippen LogP contribution in [0.2, 0.25) is 5.02 Å². The molecule has 5 heteroatoms. The van der Waals surface area contributed by atoms with Gasteiger partial charge >= 0.3 is 0 Å². The summed E-state index contributed by atoms with van der Waals surface area (Å²) in [4.78, 5) is 6.85. The van der Waals surface area contributed by atoms with Crippen molar-refractivity contribution >= 4 is 17.4 Å². The Hall–Kier alpha value is -0.840. The molecule has 0 bridgehead atoms. The molecule has 1 saturated heterocycles. The Bertz CT molecular complexity index is 434. The fourth-order valence-corrected chi connectivity index (χ4v) is 2.91. The Morgan fingerprint density at radius 3 is 2.86 bits per heavy atom. The average molecular weight is 312 g/mol. The maximum atomic E-state index is 6.24. The van der Waals surface area contributed by atoms with Gasteiger partial charge in [0.1, 0.15) is 5.82 Å². The lowest BCUT2D eigenvalue weighted by atomic mass is 9.98. The second kappa shape index (κ2) is 8.57. The second-order valence-electron chi connectivity index (χ2n) is 5.70. The van der Waals surface area contributed by atoms with E-state index in [0.717, 1.165) is 55.6 Å². The van der Waals surface area contributed by atoms with Gasteiger partial charge < -0.3 is 15.0 Å². The lowest BCUT2D eigenvalue weighted by Crippen LogP contribution is -2.35. The van der Waals surface area contributed by atoms with Crippen molar-refractivity contribution in [2.45, 2.75) is 32.7 Å². The number of hydrogen-bond donors (Lipinski definition) is 1. The molecular weight excluding hydrogens is 286 g/mol. The second-order valence-corrected chi connectivity index (χ2v) is 6.10. The number of halogens is 1. The molecule has 1 N–H and O–H groups in total. The summed E-state index contributed by atoms with van der Waals surface area (Å²) in [5.41, 5.74) is 1.13. The van der Waals surface area contributed by atoms with Gasteiger partial charge in [-0.2, -0.15) is 0 Å². The van der Waals surface area contributed by atoms with Crippen LogP contribution in [-0.2, 0) is 11.3 Å². The van der Waals surface area contributed by atoms with Gasteiger partial charge in [-0.25, -0.2) is 4.98 Å². The van der Waals surface area contributed by atoms with Gasteiger partial charge in [0.05, 0.1) is 5.02 Å². The molecule has 0 amide bonds. The first-order chi connectivity index (χ1) is 10.2. The van der Waals surface area contributed by atoms with E-state index in [4.69, 9.17) is 16.3 Å². The van der Waals surface area contributed by atoms with E-state index in [1.54, 1.807) is 13.3 Å². The molecular formula is C16H26ClN3O. The molecule has 118 valence electrons. The molecule has 0 unspecified atom stereocenters. The summed E-state index contributed by atoms with van der Waals surface area (Å²) in [6, 6.07) is 2.13. The summed E-state index contributed by atoms with van der Waals surface area (Å²) in [5.74, 6) is 1.73. The highest BCUT2D eigenvalue weighted by molar-refractivity contribution is 6.31. The molecule has 0 saturated carbocycles. The maximum absolute atomic E-state index is 6.24. The molecule has 0 radical (unpaired) electrons. The van der Waals surface area contributed by atoms with E-state index in [1.807, 2.05) is 0 Å². The summed E-state index contributed by atoms with van der Waals surface area (Å²) in [6.07, 6.45) is 5.24. The van der Waals surface area contributed by atoms with Crippen LogP contribution in [0, 0.1) is 5.92 Å². The van der Waals surface area contributed by atoms with Crippen molar-refractivity contribution in [3.05, 3.63) is 22.8 Å². The highest BCUT2D eigenvalue weighted by Crippen LogP contribution is 2.25. The monoisotopic (exact) mass is 311 g/mol. The molecule has 0 aromatic carbocycles. The van der Waals surface area contributed by atoms with E-state index in [9.17, 15) is 0 Å². The Labute approximate surface area is 132 Å². The molecule has 0 spiro atoms. The van der Waals surface area contributed by atoms with Gasteiger partial charge in [-0.1, -0.05) is 18.5 Å². The smallest absolute Gasteiger partial charge is 0.128 e. The Kier molecular flexibility index (Phi) is 6.74. The van der Waals surface area contributed by atoms with Crippen molar-refractivity contribution in [1.82, 2.24) is 10.3 Å². The standard InChI is InChI=1S/C16H26ClN3O/c1-3-6-18-10-14-9-16(19-11-15(14)17)20-7-4-13(5-8-20)12-21-2/h9,11,13,18H,3-8,10,12H2,1-2H3. The molecule has 2 rings (SSSR count). The van der Waals surface area contributed by atoms with E-state index in [2.05, 4.69) is 28.2 Å². The van der Waals surface area contributed by atoms with Gasteiger partial charge in [0, 0.05) is 39.5 Å². The number of pyridine rings is 1. The quantitative estimate of drug-likeness (QED) is 0.785. The fraction of sp³-hybridized carbons (Fsp3) is 0.688. The zero-order valence-electron chi connectivity index (χ0n) is 13.1. The lowest BCUT2D eigenvalue weighted by Gasteiger charge is -2.32. The zero-order valence-corrected chi connectivity index (χ0v) is 13.8. The molecule has 2 heterocycles. The predicted molar refractivity (Wildman–Crippen MR) is 88.1 cm³/mol. The Morgan fingerprint density at radius 2 is 2.19 bits per heavy atom. The Morgan fingerprint density at radius 1 is 1.43 bits per heavy atom. The first-order valence-corrected chi connectivity index (χ1v) is 8.21. The van der Waals surface area contributed by atoms with Gasteiger partial charge in [0.15, 0.2) is 0 Å². The summed E-state index contributed by atoms with van der Waals surface area (Å²) in [7, 11) is 1.78. The molecule has 1 aliphatic heterocycles. The van der Waals surface area contributed by atoms with E-state index < -0.39 is 0 Å². The molecule has 1 aromatic heterocycles. The molecule has 1 aromatic rings. The van der Waals surface area contributed by atoms with Crippen molar-refractivity contribution in [1.29, 1.82) is 0 Å². The normalized spacial score (nSPS) is 16.4. The van der Waals surface area contributed by atoms with Crippen LogP contribution >= 0.6 is 11.6 Å². The SMILES string of the molecule is CCCNCc1cc(N2CCC(COC)CC2)ncc1Cl. The Balaban J connectivity index is 1.95. The van der Waals surface area contributed by atoms with Crippen LogP contribution in [0.3, 0.4) is 0 Å². The number of hydrogen-bond acceptors (Lipinski definition) is 4. The number of nitrogens with zero attached hydrogens (tertiary/aromatic N) is 2. The van der Waals surface area contributed by atoms with Crippen molar-refractivity contribution in [2.24, 2.45) is 5.92 Å². The first-order valence-electron chi connectivity index (χ1n) is 7.83. The molecule has 0 atom stereocenters. The van der Waals surface area contributed by atoms with Crippen LogP contribution in [0.25, 0.3) is 0 Å². The number of nitrogens with one attached hydrogen (secondary N) is 1. The van der Waals surface area contributed by atoms with Crippen molar-refractivity contribution < 1.29 is 4.74 Å². The summed E-state index contributed by atoms with van der Waals surface area (Å²) < 4.78 is 5.25. The van der Waals surface area contributed by atoms with E-state index in [1.165, 1.54) is 12.8 Å². The van der Waals surface area contributed by atoms with Crippen LogP contribution in [0.15, 0.2) is 12.3 Å². The van der Waals surface area contributed by atoms with Crippen LogP contribution in [0.5, 0.6) is 0 Å². The van der Waals surface area contributed by atoms with Gasteiger partial charge in [0.25, 0.3) is 0 Å². The third kappa shape index (κ3) is 4.83. The fourth-order valence-electron chi connectivity index (χ4n) is 2.74. The van der Waals surface area contributed by atoms with E-state index in [-0.39, 0.29) is 0 Å². The average Bonchev–Trinajstić information content (AvgIpc) is 2.51. The maximum Gasteiger partial charge on any atom is 0.128 e. The topological polar surface area (TPSA) is 37.4 Å². The third-order valence-corrected chi connectivity index (χ3v) is 4.34. The number of methoxy groups -OCH3 is 1. The van der Waals surface area contributed by atoms with Crippen LogP contribution in [0.1, 0.15) is 31.7 Å². The van der Waals surface area contributed by atoms with Gasteiger partial charge in [-0.3, -0.25) is 0 Å². The minimum atomic E-state index is 0.684. The van der Waals surface area contributed by atoms with Crippen LogP contribution < -0.4 is 10.2 Å². The number of aromatic nitrogens is 1. The molecule has 21 heavy (non-hydrogen) atoms. The molecule has 4 nitrogen and oxygen atoms in total. The summed E-state index contributed by atoms with van der Waals surface area (Å²) in [5, 5.41) is 4.15. The highest BCUT2D eigenvalue weighted by atomic mass is 35.5. The highest BCUT2D eigenvalue weighted by Gasteiger charge is 2.20. The van der Waals surface area contributed by atoms with Crippen LogP contribution in [-0.4, -0.2) is 38.3 Å². The first kappa shape index (κ1) is 16.5. The van der Waals surface area contributed by atoms with Gasteiger partial charge in [-0.15, -0.1) is 0 Å². The van der Waals surface area contributed by atoms with Crippen molar-refractivity contribution in [3.63, 3.8) is 0 Å². The largest absolute Gasteiger partial charge is 0.384 e. The number of rotatable bonds is 7. The van der Waals surface area contributed by atoms with E-state index in [0.29, 0.717) is 5.92 Å². The third-order valence-electron chi connectivity index (χ3n) is 4.00. The van der Waals surface area contributed by atoms with E-state index >= 15 is 0 Å². The minimum absolute atomic E-state index is 0.684. The van der Waals surface area contributed by atoms with Crippen LogP contribution in [0.4, 0.5) is 5.82 Å². The van der Waals surface area contributed by atoms with Gasteiger partial charge in [-0.05, 0) is 43.4 Å². The summed E-state index contributed by atoms with van der Waals surface area (Å²) in [6.45, 7) is 6.94. The zero-order chi connectivity index (χ0) is 15.1. The number of anilines is 1. The van der Waals surface area contributed by atoms with Crippen molar-refractivity contribution in [3.8, 4) is 0 Å². The summed E-state index contributed by atoms with van der Waals surface area (Å²) >= 11 is 6.24. The number of ether oxygens (including phenoxy) is 1. The predicted octanol–water partition coefficient (Wildman–Crippen LogP) is 3.10. The molecule has 1 fully saturated rings. The molecule has 1 aliphatic rings. The lowest BCUT2D eigenvalue weighted by molar-refractivity contribution is 0.139. The minimum Gasteiger partial charge on any atom is -0.384 e. The molecule has 0 aliphatic carbocycles. The van der Waals surface area contributed by atoms with Gasteiger partial charge in [0.2, 0.25) is 0 Å². The number of piperidine rings is 1. The van der Waals surface area contributed by atoms with Crippen molar-refractivity contribution in [2.75, 3.05) is 38.3 Å².